The Bertz CT molecular complexity index is 959. The number of carbonyl (C=O) groups is 2. The Hall–Kier alpha value is -3.69. The zero-order valence-electron chi connectivity index (χ0n) is 18.2. The van der Waals surface area contributed by atoms with Gasteiger partial charge in [0, 0.05) is 18.6 Å². The lowest BCUT2D eigenvalue weighted by molar-refractivity contribution is -0.144. The number of hydrogen-bond acceptors (Lipinski definition) is 7. The normalized spacial score (nSPS) is 17.5. The molecular weight excluding hydrogens is 423 g/mol. The fraction of sp³-hybridized carbons (Fsp3) is 0.364. The summed E-state index contributed by atoms with van der Waals surface area (Å²) >= 11 is 0. The summed E-state index contributed by atoms with van der Waals surface area (Å²) in [7, 11) is 5.63. The molecule has 32 heavy (non-hydrogen) atoms. The van der Waals surface area contributed by atoms with Crippen molar-refractivity contribution in [3.63, 3.8) is 0 Å². The van der Waals surface area contributed by atoms with Crippen LogP contribution in [0.2, 0.25) is 0 Å². The summed E-state index contributed by atoms with van der Waals surface area (Å²) < 4.78 is 40.4. The Morgan fingerprint density at radius 1 is 1.00 bits per heavy atom. The van der Waals surface area contributed by atoms with E-state index in [1.54, 1.807) is 24.3 Å². The fourth-order valence-electron chi connectivity index (χ4n) is 3.54. The summed E-state index contributed by atoms with van der Waals surface area (Å²) in [6.45, 7) is 0.0599. The van der Waals surface area contributed by atoms with Gasteiger partial charge in [-0.05, 0) is 12.1 Å². The van der Waals surface area contributed by atoms with E-state index >= 15 is 0 Å². The van der Waals surface area contributed by atoms with Crippen LogP contribution in [0.5, 0.6) is 23.0 Å². The molecular formula is C22H25FN2O7. The number of para-hydroxylation sites is 1. The van der Waals surface area contributed by atoms with Crippen LogP contribution in [-0.2, 0) is 9.53 Å². The number of amides is 2. The minimum absolute atomic E-state index is 0.0491. The topological polar surface area (TPSA) is 95.6 Å². The minimum Gasteiger partial charge on any atom is -0.493 e. The van der Waals surface area contributed by atoms with E-state index in [-0.39, 0.29) is 18.7 Å². The molecule has 10 heteroatoms. The number of halogens is 1. The molecule has 2 aromatic rings. The first kappa shape index (κ1) is 23.0. The van der Waals surface area contributed by atoms with Crippen molar-refractivity contribution in [3.05, 3.63) is 42.2 Å². The Morgan fingerprint density at radius 3 is 2.22 bits per heavy atom. The largest absolute Gasteiger partial charge is 0.493 e. The molecule has 0 aliphatic carbocycles. The van der Waals surface area contributed by atoms with Crippen LogP contribution in [0.15, 0.2) is 36.4 Å². The van der Waals surface area contributed by atoms with Crippen molar-refractivity contribution in [1.29, 1.82) is 0 Å². The zero-order valence-corrected chi connectivity index (χ0v) is 18.2. The predicted molar refractivity (Wildman–Crippen MR) is 113 cm³/mol. The minimum atomic E-state index is -0.890. The van der Waals surface area contributed by atoms with Gasteiger partial charge >= 0.3 is 12.0 Å². The van der Waals surface area contributed by atoms with E-state index in [4.69, 9.17) is 23.7 Å². The second-order valence-corrected chi connectivity index (χ2v) is 6.94. The molecule has 0 aromatic heterocycles. The van der Waals surface area contributed by atoms with Crippen molar-refractivity contribution >= 4 is 17.7 Å². The third kappa shape index (κ3) is 4.79. The molecule has 2 unspecified atom stereocenters. The summed E-state index contributed by atoms with van der Waals surface area (Å²) in [6, 6.07) is 7.63. The third-order valence-corrected chi connectivity index (χ3v) is 5.04. The third-order valence-electron chi connectivity index (χ3n) is 5.04. The Labute approximate surface area is 184 Å². The lowest BCUT2D eigenvalue weighted by atomic mass is 10.2. The average molecular weight is 448 g/mol. The standard InChI is InChI=1S/C22H25FN2O7/c1-28-18-9-13(10-19(29-2)20(18)30-3)24-22(27)25-12-14(11-16(25)21(26)31-4)32-17-8-6-5-7-15(17)23/h5-10,14,16H,11-12H2,1-4H3,(H,24,27). The molecule has 0 radical (unpaired) electrons. The molecule has 1 aliphatic rings. The molecule has 1 heterocycles. The van der Waals surface area contributed by atoms with Gasteiger partial charge in [-0.15, -0.1) is 0 Å². The molecule has 2 aromatic carbocycles. The number of methoxy groups -OCH3 is 4. The second kappa shape index (κ2) is 10.1. The van der Waals surface area contributed by atoms with Crippen molar-refractivity contribution in [2.45, 2.75) is 18.6 Å². The monoisotopic (exact) mass is 448 g/mol. The maximum atomic E-state index is 14.0. The van der Waals surface area contributed by atoms with Crippen LogP contribution in [0.1, 0.15) is 6.42 Å². The number of anilines is 1. The smallest absolute Gasteiger partial charge is 0.328 e. The van der Waals surface area contributed by atoms with Crippen LogP contribution in [0, 0.1) is 5.82 Å². The number of likely N-dealkylation sites (tertiary alicyclic amines) is 1. The molecule has 2 amide bonds. The molecule has 2 atom stereocenters. The summed E-state index contributed by atoms with van der Waals surface area (Å²) in [5, 5.41) is 2.72. The highest BCUT2D eigenvalue weighted by Crippen LogP contribution is 2.40. The number of ether oxygens (including phenoxy) is 5. The molecule has 0 bridgehead atoms. The van der Waals surface area contributed by atoms with Gasteiger partial charge in [-0.1, -0.05) is 12.1 Å². The van der Waals surface area contributed by atoms with Gasteiger partial charge in [-0.2, -0.15) is 0 Å². The van der Waals surface area contributed by atoms with Gasteiger partial charge < -0.3 is 33.9 Å². The lowest BCUT2D eigenvalue weighted by Crippen LogP contribution is -2.43. The highest BCUT2D eigenvalue weighted by molar-refractivity contribution is 5.93. The fourth-order valence-corrected chi connectivity index (χ4v) is 3.54. The van der Waals surface area contributed by atoms with Gasteiger partial charge in [-0.3, -0.25) is 0 Å². The van der Waals surface area contributed by atoms with Gasteiger partial charge in [0.2, 0.25) is 5.75 Å². The number of urea groups is 1. The Morgan fingerprint density at radius 2 is 1.66 bits per heavy atom. The lowest BCUT2D eigenvalue weighted by Gasteiger charge is -2.23. The van der Waals surface area contributed by atoms with Crippen molar-refractivity contribution in [2.75, 3.05) is 40.3 Å². The predicted octanol–water partition coefficient (Wildman–Crippen LogP) is 3.08. The highest BCUT2D eigenvalue weighted by Gasteiger charge is 2.42. The van der Waals surface area contributed by atoms with Crippen LogP contribution in [-0.4, -0.2) is 64.0 Å². The number of benzene rings is 2. The van der Waals surface area contributed by atoms with E-state index in [1.807, 2.05) is 0 Å². The molecule has 0 spiro atoms. The first-order valence-corrected chi connectivity index (χ1v) is 9.78. The van der Waals surface area contributed by atoms with Crippen LogP contribution in [0.3, 0.4) is 0 Å². The summed E-state index contributed by atoms with van der Waals surface area (Å²) in [4.78, 5) is 26.6. The van der Waals surface area contributed by atoms with Gasteiger partial charge in [0.15, 0.2) is 23.1 Å². The quantitative estimate of drug-likeness (QED) is 0.651. The summed E-state index contributed by atoms with van der Waals surface area (Å²) in [5.41, 5.74) is 0.367. The van der Waals surface area contributed by atoms with Crippen molar-refractivity contribution in [1.82, 2.24) is 4.90 Å². The van der Waals surface area contributed by atoms with E-state index in [9.17, 15) is 14.0 Å². The summed E-state index contributed by atoms with van der Waals surface area (Å²) in [5.74, 6) is 0.0165. The number of nitrogens with zero attached hydrogens (tertiary/aromatic N) is 1. The van der Waals surface area contributed by atoms with E-state index in [2.05, 4.69) is 5.32 Å². The van der Waals surface area contributed by atoms with Crippen molar-refractivity contribution < 1.29 is 37.7 Å². The van der Waals surface area contributed by atoms with Gasteiger partial charge in [0.1, 0.15) is 12.1 Å². The number of nitrogens with one attached hydrogen (secondary N) is 1. The van der Waals surface area contributed by atoms with Gasteiger partial charge in [0.25, 0.3) is 0 Å². The molecule has 172 valence electrons. The zero-order chi connectivity index (χ0) is 23.3. The first-order valence-electron chi connectivity index (χ1n) is 9.78. The molecule has 0 saturated carbocycles. The van der Waals surface area contributed by atoms with Crippen molar-refractivity contribution in [2.24, 2.45) is 0 Å². The number of carbonyl (C=O) groups excluding carboxylic acids is 2. The Kier molecular flexibility index (Phi) is 7.24. The van der Waals surface area contributed by atoms with Crippen LogP contribution in [0.4, 0.5) is 14.9 Å². The van der Waals surface area contributed by atoms with E-state index in [0.717, 1.165) is 0 Å². The van der Waals surface area contributed by atoms with Crippen LogP contribution in [0.25, 0.3) is 0 Å². The van der Waals surface area contributed by atoms with E-state index in [0.29, 0.717) is 22.9 Å². The summed E-state index contributed by atoms with van der Waals surface area (Å²) in [6.07, 6.45) is -0.439. The van der Waals surface area contributed by atoms with Crippen LogP contribution >= 0.6 is 0 Å². The van der Waals surface area contributed by atoms with Gasteiger partial charge in [-0.25, -0.2) is 14.0 Å². The number of rotatable bonds is 7. The van der Waals surface area contributed by atoms with Crippen LogP contribution < -0.4 is 24.3 Å². The van der Waals surface area contributed by atoms with Crippen molar-refractivity contribution in [3.8, 4) is 23.0 Å². The first-order chi connectivity index (χ1) is 15.4. The molecule has 1 saturated heterocycles. The maximum Gasteiger partial charge on any atom is 0.328 e. The number of esters is 1. The molecule has 1 fully saturated rings. The molecule has 9 nitrogen and oxygen atoms in total. The number of hydrogen-bond donors (Lipinski definition) is 1. The Balaban J connectivity index is 1.80. The second-order valence-electron chi connectivity index (χ2n) is 6.94. The molecule has 3 rings (SSSR count). The highest BCUT2D eigenvalue weighted by atomic mass is 19.1. The van der Waals surface area contributed by atoms with Gasteiger partial charge in [0.05, 0.1) is 40.7 Å². The van der Waals surface area contributed by atoms with E-state index < -0.39 is 30.0 Å². The molecule has 1 aliphatic heterocycles. The molecule has 1 N–H and O–H groups in total. The van der Waals surface area contributed by atoms with E-state index in [1.165, 1.54) is 45.5 Å². The SMILES string of the molecule is COC(=O)C1CC(Oc2ccccc2F)CN1C(=O)Nc1cc(OC)c(OC)c(OC)c1. The maximum absolute atomic E-state index is 14.0. The average Bonchev–Trinajstić information content (AvgIpc) is 3.23.